The van der Waals surface area contributed by atoms with Crippen molar-refractivity contribution in [3.05, 3.63) is 42.5 Å². The van der Waals surface area contributed by atoms with E-state index < -0.39 is 6.03 Å². The maximum atomic E-state index is 11.2. The molecule has 16 heavy (non-hydrogen) atoms. The van der Waals surface area contributed by atoms with Gasteiger partial charge in [0.25, 0.3) is 0 Å². The summed E-state index contributed by atoms with van der Waals surface area (Å²) in [6, 6.07) is 12.7. The average Bonchev–Trinajstić information content (AvgIpc) is 2.30. The second-order valence-corrected chi connectivity index (χ2v) is 3.31. The van der Waals surface area contributed by atoms with Gasteiger partial charge < -0.3 is 5.73 Å². The predicted octanol–water partition coefficient (Wildman–Crippen LogP) is 2.29. The third-order valence-corrected chi connectivity index (χ3v) is 2.37. The van der Waals surface area contributed by atoms with Crippen molar-refractivity contribution in [1.29, 1.82) is 0 Å². The van der Waals surface area contributed by atoms with Gasteiger partial charge in [-0.25, -0.2) is 4.79 Å². The van der Waals surface area contributed by atoms with Crippen LogP contribution >= 0.6 is 0 Å². The van der Waals surface area contributed by atoms with Crippen molar-refractivity contribution in [3.8, 4) is 0 Å². The highest BCUT2D eigenvalue weighted by Crippen LogP contribution is 2.26. The topological polar surface area (TPSA) is 55.6 Å². The van der Waals surface area contributed by atoms with Gasteiger partial charge in [-0.15, -0.1) is 0 Å². The number of benzene rings is 2. The third kappa shape index (κ3) is 1.70. The van der Waals surface area contributed by atoms with Crippen LogP contribution in [0.15, 0.2) is 42.5 Å². The van der Waals surface area contributed by atoms with E-state index in [-0.39, 0.29) is 0 Å². The van der Waals surface area contributed by atoms with E-state index >= 15 is 0 Å². The lowest BCUT2D eigenvalue weighted by molar-refractivity contribution is 0.169. The molecule has 0 atom stereocenters. The van der Waals surface area contributed by atoms with Gasteiger partial charge in [-0.1, -0.05) is 36.4 Å². The molecule has 0 aliphatic carbocycles. The highest BCUT2D eigenvalue weighted by atomic mass is 16.7. The molecule has 0 saturated heterocycles. The van der Waals surface area contributed by atoms with Crippen LogP contribution < -0.4 is 10.8 Å². The van der Waals surface area contributed by atoms with E-state index in [0.717, 1.165) is 15.8 Å². The highest BCUT2D eigenvalue weighted by Gasteiger charge is 2.13. The fourth-order valence-electron chi connectivity index (χ4n) is 1.69. The molecule has 0 saturated carbocycles. The molecule has 0 aromatic heterocycles. The summed E-state index contributed by atoms with van der Waals surface area (Å²) in [7, 11) is 1.41. The van der Waals surface area contributed by atoms with Gasteiger partial charge in [0.15, 0.2) is 0 Å². The maximum absolute atomic E-state index is 11.2. The van der Waals surface area contributed by atoms with Crippen LogP contribution in [0.5, 0.6) is 0 Å². The zero-order valence-corrected chi connectivity index (χ0v) is 8.88. The largest absolute Gasteiger partial charge is 0.349 e. The Labute approximate surface area is 93.2 Å². The quantitative estimate of drug-likeness (QED) is 0.783. The van der Waals surface area contributed by atoms with Crippen molar-refractivity contribution < 1.29 is 9.63 Å². The van der Waals surface area contributed by atoms with Gasteiger partial charge in [-0.2, -0.15) is 5.06 Å². The maximum Gasteiger partial charge on any atom is 0.343 e. The summed E-state index contributed by atoms with van der Waals surface area (Å²) in [4.78, 5) is 16.2. The summed E-state index contributed by atoms with van der Waals surface area (Å²) in [5.74, 6) is 0. The molecule has 2 rings (SSSR count). The summed E-state index contributed by atoms with van der Waals surface area (Å²) in [6.45, 7) is 0. The van der Waals surface area contributed by atoms with Gasteiger partial charge in [0, 0.05) is 5.39 Å². The number of hydroxylamine groups is 1. The standard InChI is InChI=1S/C12H12N2O2/c1-16-14(12(13)15)11-8-4-6-9-5-2-3-7-10(9)11/h2-8H,1H3,(H2,13,15). The zero-order chi connectivity index (χ0) is 11.5. The van der Waals surface area contributed by atoms with Crippen LogP contribution in [0.3, 0.4) is 0 Å². The van der Waals surface area contributed by atoms with E-state index in [1.54, 1.807) is 6.07 Å². The van der Waals surface area contributed by atoms with Gasteiger partial charge in [-0.05, 0) is 11.5 Å². The molecule has 0 aliphatic heterocycles. The van der Waals surface area contributed by atoms with E-state index in [1.807, 2.05) is 36.4 Å². The Balaban J connectivity index is 2.63. The molecule has 0 spiro atoms. The predicted molar refractivity (Wildman–Crippen MR) is 63.0 cm³/mol. The number of primary amides is 1. The average molecular weight is 216 g/mol. The van der Waals surface area contributed by atoms with Crippen molar-refractivity contribution in [3.63, 3.8) is 0 Å². The first-order valence-corrected chi connectivity index (χ1v) is 4.85. The Bertz CT molecular complexity index is 520. The number of hydrogen-bond donors (Lipinski definition) is 1. The van der Waals surface area contributed by atoms with Crippen LogP contribution in [0.2, 0.25) is 0 Å². The number of fused-ring (bicyclic) bond motifs is 1. The Morgan fingerprint density at radius 1 is 1.19 bits per heavy atom. The minimum absolute atomic E-state index is 0.640. The fraction of sp³-hybridized carbons (Fsp3) is 0.0833. The van der Waals surface area contributed by atoms with E-state index in [2.05, 4.69) is 0 Å². The third-order valence-electron chi connectivity index (χ3n) is 2.37. The van der Waals surface area contributed by atoms with Crippen molar-refractivity contribution in [2.24, 2.45) is 5.73 Å². The molecule has 0 heterocycles. The van der Waals surface area contributed by atoms with E-state index in [0.29, 0.717) is 5.69 Å². The number of carbonyl (C=O) groups is 1. The van der Waals surface area contributed by atoms with Gasteiger partial charge in [-0.3, -0.25) is 4.84 Å². The minimum Gasteiger partial charge on any atom is -0.349 e. The molecule has 0 aliphatic rings. The van der Waals surface area contributed by atoms with Crippen LogP contribution in [0.4, 0.5) is 10.5 Å². The highest BCUT2D eigenvalue weighted by molar-refractivity contribution is 6.01. The fourth-order valence-corrected chi connectivity index (χ4v) is 1.69. The zero-order valence-electron chi connectivity index (χ0n) is 8.88. The number of urea groups is 1. The van der Waals surface area contributed by atoms with Crippen LogP contribution in [0.25, 0.3) is 10.8 Å². The first kappa shape index (κ1) is 10.4. The number of carbonyl (C=O) groups excluding carboxylic acids is 1. The molecule has 0 radical (unpaired) electrons. The molecule has 4 heteroatoms. The number of nitrogens with two attached hydrogens (primary N) is 1. The summed E-state index contributed by atoms with van der Waals surface area (Å²) in [6.07, 6.45) is 0. The second-order valence-electron chi connectivity index (χ2n) is 3.31. The second kappa shape index (κ2) is 4.20. The lowest BCUT2D eigenvalue weighted by atomic mass is 10.1. The molecular formula is C12H12N2O2. The van der Waals surface area contributed by atoms with Gasteiger partial charge in [0.1, 0.15) is 0 Å². The molecule has 2 aromatic carbocycles. The van der Waals surface area contributed by atoms with Gasteiger partial charge in [0.05, 0.1) is 12.8 Å². The molecule has 82 valence electrons. The van der Waals surface area contributed by atoms with E-state index in [4.69, 9.17) is 10.6 Å². The van der Waals surface area contributed by atoms with Crippen LogP contribution in [0, 0.1) is 0 Å². The number of nitrogens with zero attached hydrogens (tertiary/aromatic N) is 1. The Kier molecular flexibility index (Phi) is 2.74. The lowest BCUT2D eigenvalue weighted by Gasteiger charge is -2.18. The molecule has 2 N–H and O–H groups in total. The summed E-state index contributed by atoms with van der Waals surface area (Å²) in [5.41, 5.74) is 5.88. The molecule has 0 unspecified atom stereocenters. The molecule has 2 amide bonds. The number of anilines is 1. The van der Waals surface area contributed by atoms with Gasteiger partial charge >= 0.3 is 6.03 Å². The van der Waals surface area contributed by atoms with Crippen LogP contribution in [-0.2, 0) is 4.84 Å². The van der Waals surface area contributed by atoms with Crippen molar-refractivity contribution >= 4 is 22.5 Å². The first-order valence-electron chi connectivity index (χ1n) is 4.85. The van der Waals surface area contributed by atoms with Crippen LogP contribution in [0.1, 0.15) is 0 Å². The Morgan fingerprint density at radius 2 is 1.88 bits per heavy atom. The smallest absolute Gasteiger partial charge is 0.343 e. The summed E-state index contributed by atoms with van der Waals surface area (Å²) < 4.78 is 0. The Hall–Kier alpha value is -2.07. The first-order chi connectivity index (χ1) is 7.74. The Morgan fingerprint density at radius 3 is 2.56 bits per heavy atom. The monoisotopic (exact) mass is 216 g/mol. The molecule has 4 nitrogen and oxygen atoms in total. The van der Waals surface area contributed by atoms with E-state index in [1.165, 1.54) is 7.11 Å². The minimum atomic E-state index is -0.640. The van der Waals surface area contributed by atoms with Crippen molar-refractivity contribution in [2.75, 3.05) is 12.2 Å². The normalized spacial score (nSPS) is 10.3. The molecular weight excluding hydrogens is 204 g/mol. The van der Waals surface area contributed by atoms with Crippen LogP contribution in [-0.4, -0.2) is 13.1 Å². The number of hydrogen-bond acceptors (Lipinski definition) is 2. The lowest BCUT2D eigenvalue weighted by Crippen LogP contribution is -2.34. The SMILES string of the molecule is CON(C(N)=O)c1cccc2ccccc12. The van der Waals surface area contributed by atoms with Gasteiger partial charge in [0.2, 0.25) is 0 Å². The van der Waals surface area contributed by atoms with E-state index in [9.17, 15) is 4.79 Å². The molecule has 0 fully saturated rings. The van der Waals surface area contributed by atoms with Crippen molar-refractivity contribution in [2.45, 2.75) is 0 Å². The summed E-state index contributed by atoms with van der Waals surface area (Å²) >= 11 is 0. The number of rotatable bonds is 2. The molecule has 0 bridgehead atoms. The number of amides is 2. The summed E-state index contributed by atoms with van der Waals surface area (Å²) in [5, 5.41) is 3.02. The molecule has 2 aromatic rings. The van der Waals surface area contributed by atoms with Crippen molar-refractivity contribution in [1.82, 2.24) is 0 Å².